The molecule has 1 amide bonds. The Bertz CT molecular complexity index is 139. The molecular formula is C8H13NO. The first kappa shape index (κ1) is 6.20. The third-order valence-corrected chi connectivity index (χ3v) is 2.70. The van der Waals surface area contributed by atoms with E-state index in [9.17, 15) is 4.79 Å². The van der Waals surface area contributed by atoms with Gasteiger partial charge in [0.1, 0.15) is 0 Å². The summed E-state index contributed by atoms with van der Waals surface area (Å²) in [4.78, 5) is 10.9. The number of amides is 1. The number of fused-ring (bicyclic) bond motifs is 1. The van der Waals surface area contributed by atoms with Crippen molar-refractivity contribution in [1.82, 2.24) is 5.32 Å². The number of hydrogen-bond donors (Lipinski definition) is 1. The van der Waals surface area contributed by atoms with Crippen molar-refractivity contribution in [2.24, 2.45) is 5.92 Å². The summed E-state index contributed by atoms with van der Waals surface area (Å²) in [5.74, 6) is 0.957. The van der Waals surface area contributed by atoms with Crippen LogP contribution in [0.1, 0.15) is 32.1 Å². The standard InChI is InChI=1S/C8H13NO/c10-8-5-6-3-1-2-4-7(6)9-8/h6-7H,1-5H2,(H,9,10). The molecule has 0 aromatic rings. The molecule has 2 heteroatoms. The zero-order chi connectivity index (χ0) is 6.97. The third kappa shape index (κ3) is 0.917. The summed E-state index contributed by atoms with van der Waals surface area (Å²) in [7, 11) is 0. The molecule has 0 bridgehead atoms. The maximum absolute atomic E-state index is 10.9. The maximum atomic E-state index is 10.9. The molecule has 0 aromatic heterocycles. The van der Waals surface area contributed by atoms with Gasteiger partial charge in [0.2, 0.25) is 5.91 Å². The van der Waals surface area contributed by atoms with E-state index in [0.29, 0.717) is 12.0 Å². The third-order valence-electron chi connectivity index (χ3n) is 2.70. The van der Waals surface area contributed by atoms with Gasteiger partial charge in [0.25, 0.3) is 0 Å². The molecule has 1 saturated carbocycles. The van der Waals surface area contributed by atoms with Crippen molar-refractivity contribution in [1.29, 1.82) is 0 Å². The summed E-state index contributed by atoms with van der Waals surface area (Å²) in [6.07, 6.45) is 5.92. The highest BCUT2D eigenvalue weighted by Crippen LogP contribution is 2.30. The van der Waals surface area contributed by atoms with Gasteiger partial charge in [-0.3, -0.25) is 4.79 Å². The molecule has 10 heavy (non-hydrogen) atoms. The Hall–Kier alpha value is -0.530. The van der Waals surface area contributed by atoms with Crippen molar-refractivity contribution < 1.29 is 4.79 Å². The van der Waals surface area contributed by atoms with Gasteiger partial charge in [0.05, 0.1) is 0 Å². The van der Waals surface area contributed by atoms with Crippen molar-refractivity contribution in [2.75, 3.05) is 0 Å². The summed E-state index contributed by atoms with van der Waals surface area (Å²) in [5, 5.41) is 3.02. The van der Waals surface area contributed by atoms with Gasteiger partial charge in [0, 0.05) is 12.5 Å². The second kappa shape index (κ2) is 2.26. The summed E-state index contributed by atoms with van der Waals surface area (Å²) in [5.41, 5.74) is 0. The lowest BCUT2D eigenvalue weighted by molar-refractivity contribution is -0.119. The van der Waals surface area contributed by atoms with Crippen LogP contribution in [-0.2, 0) is 4.79 Å². The summed E-state index contributed by atoms with van der Waals surface area (Å²) in [6.45, 7) is 0. The molecule has 0 spiro atoms. The van der Waals surface area contributed by atoms with Crippen LogP contribution in [-0.4, -0.2) is 11.9 Å². The Morgan fingerprint density at radius 3 is 2.90 bits per heavy atom. The summed E-state index contributed by atoms with van der Waals surface area (Å²) >= 11 is 0. The lowest BCUT2D eigenvalue weighted by atomic mass is 9.85. The molecule has 56 valence electrons. The Labute approximate surface area is 61.0 Å². The quantitative estimate of drug-likeness (QED) is 0.534. The van der Waals surface area contributed by atoms with Gasteiger partial charge in [-0.15, -0.1) is 0 Å². The second-order valence-electron chi connectivity index (χ2n) is 3.42. The van der Waals surface area contributed by atoms with Gasteiger partial charge in [0.15, 0.2) is 0 Å². The lowest BCUT2D eigenvalue weighted by Gasteiger charge is -2.23. The van der Waals surface area contributed by atoms with Crippen LogP contribution in [0, 0.1) is 5.92 Å². The van der Waals surface area contributed by atoms with Gasteiger partial charge in [-0.1, -0.05) is 12.8 Å². The molecule has 1 aliphatic heterocycles. The van der Waals surface area contributed by atoms with E-state index in [0.717, 1.165) is 6.42 Å². The smallest absolute Gasteiger partial charge is 0.220 e. The molecule has 0 radical (unpaired) electrons. The summed E-state index contributed by atoms with van der Waals surface area (Å²) < 4.78 is 0. The van der Waals surface area contributed by atoms with Gasteiger partial charge in [-0.05, 0) is 18.8 Å². The first-order valence-corrected chi connectivity index (χ1v) is 4.15. The predicted molar refractivity (Wildman–Crippen MR) is 38.5 cm³/mol. The van der Waals surface area contributed by atoms with E-state index in [-0.39, 0.29) is 5.91 Å². The van der Waals surface area contributed by atoms with Gasteiger partial charge in [-0.2, -0.15) is 0 Å². The topological polar surface area (TPSA) is 29.1 Å². The van der Waals surface area contributed by atoms with Crippen LogP contribution in [0.3, 0.4) is 0 Å². The van der Waals surface area contributed by atoms with Crippen LogP contribution in [0.2, 0.25) is 0 Å². The molecule has 2 unspecified atom stereocenters. The average Bonchev–Trinajstić information content (AvgIpc) is 2.27. The maximum Gasteiger partial charge on any atom is 0.220 e. The van der Waals surface area contributed by atoms with E-state index >= 15 is 0 Å². The fourth-order valence-corrected chi connectivity index (χ4v) is 2.15. The molecule has 2 atom stereocenters. The van der Waals surface area contributed by atoms with Crippen molar-refractivity contribution in [3.05, 3.63) is 0 Å². The van der Waals surface area contributed by atoms with Crippen molar-refractivity contribution in [3.63, 3.8) is 0 Å². The first-order valence-electron chi connectivity index (χ1n) is 4.15. The van der Waals surface area contributed by atoms with Crippen LogP contribution < -0.4 is 5.32 Å². The minimum atomic E-state index is 0.275. The lowest BCUT2D eigenvalue weighted by Crippen LogP contribution is -2.30. The minimum absolute atomic E-state index is 0.275. The van der Waals surface area contributed by atoms with Gasteiger partial charge in [-0.25, -0.2) is 0 Å². The van der Waals surface area contributed by atoms with E-state index < -0.39 is 0 Å². The Kier molecular flexibility index (Phi) is 1.40. The van der Waals surface area contributed by atoms with E-state index in [4.69, 9.17) is 0 Å². The Balaban J connectivity index is 2.04. The van der Waals surface area contributed by atoms with E-state index in [1.165, 1.54) is 25.7 Å². The van der Waals surface area contributed by atoms with Crippen molar-refractivity contribution in [3.8, 4) is 0 Å². The van der Waals surface area contributed by atoms with Gasteiger partial charge >= 0.3 is 0 Å². The molecule has 0 aromatic carbocycles. The van der Waals surface area contributed by atoms with Crippen LogP contribution >= 0.6 is 0 Å². The van der Waals surface area contributed by atoms with E-state index in [1.807, 2.05) is 0 Å². The molecule has 2 aliphatic rings. The van der Waals surface area contributed by atoms with Crippen LogP contribution in [0.5, 0.6) is 0 Å². The highest BCUT2D eigenvalue weighted by atomic mass is 16.2. The zero-order valence-electron chi connectivity index (χ0n) is 6.10. The van der Waals surface area contributed by atoms with Crippen LogP contribution in [0.4, 0.5) is 0 Å². The molecule has 2 nitrogen and oxygen atoms in total. The van der Waals surface area contributed by atoms with Crippen molar-refractivity contribution in [2.45, 2.75) is 38.1 Å². The average molecular weight is 139 g/mol. The molecular weight excluding hydrogens is 126 g/mol. The predicted octanol–water partition coefficient (Wildman–Crippen LogP) is 1.07. The molecule has 1 heterocycles. The fraction of sp³-hybridized carbons (Fsp3) is 0.875. The highest BCUT2D eigenvalue weighted by molar-refractivity contribution is 5.79. The van der Waals surface area contributed by atoms with Gasteiger partial charge < -0.3 is 5.32 Å². The summed E-state index contributed by atoms with van der Waals surface area (Å²) in [6, 6.07) is 0.543. The van der Waals surface area contributed by atoms with E-state index in [1.54, 1.807) is 0 Å². The molecule has 1 N–H and O–H groups in total. The SMILES string of the molecule is O=C1CC2CCCCC2N1. The Morgan fingerprint density at radius 2 is 2.10 bits per heavy atom. The number of rotatable bonds is 0. The largest absolute Gasteiger partial charge is 0.353 e. The molecule has 1 saturated heterocycles. The monoisotopic (exact) mass is 139 g/mol. The van der Waals surface area contributed by atoms with Crippen LogP contribution in [0.15, 0.2) is 0 Å². The minimum Gasteiger partial charge on any atom is -0.353 e. The molecule has 1 aliphatic carbocycles. The Morgan fingerprint density at radius 1 is 1.30 bits per heavy atom. The first-order chi connectivity index (χ1) is 4.86. The normalized spacial score (nSPS) is 39.0. The number of nitrogens with one attached hydrogen (secondary N) is 1. The van der Waals surface area contributed by atoms with E-state index in [2.05, 4.69) is 5.32 Å². The van der Waals surface area contributed by atoms with Crippen molar-refractivity contribution >= 4 is 5.91 Å². The van der Waals surface area contributed by atoms with Crippen LogP contribution in [0.25, 0.3) is 0 Å². The second-order valence-corrected chi connectivity index (χ2v) is 3.42. The molecule has 2 fully saturated rings. The fourth-order valence-electron chi connectivity index (χ4n) is 2.15. The number of carbonyl (C=O) groups excluding carboxylic acids is 1. The highest BCUT2D eigenvalue weighted by Gasteiger charge is 2.33. The molecule has 2 rings (SSSR count). The zero-order valence-corrected chi connectivity index (χ0v) is 6.10. The number of carbonyl (C=O) groups is 1. The number of hydrogen-bond acceptors (Lipinski definition) is 1.